The number of benzene rings is 2. The van der Waals surface area contributed by atoms with Crippen LogP contribution in [0.25, 0.3) is 10.2 Å². The van der Waals surface area contributed by atoms with E-state index in [0.29, 0.717) is 16.3 Å². The molecule has 162 valence electrons. The Labute approximate surface area is 184 Å². The van der Waals surface area contributed by atoms with Gasteiger partial charge in [0.15, 0.2) is 16.3 Å². The minimum atomic E-state index is -3.58. The average Bonchev–Trinajstić information content (AvgIpc) is 3.08. The second kappa shape index (κ2) is 8.93. The van der Waals surface area contributed by atoms with Crippen LogP contribution in [0.5, 0.6) is 11.5 Å². The normalized spacial score (nSPS) is 12.2. The van der Waals surface area contributed by atoms with Crippen LogP contribution in [0.3, 0.4) is 0 Å². The van der Waals surface area contributed by atoms with Crippen LogP contribution in [-0.4, -0.2) is 51.5 Å². The molecule has 0 fully saturated rings. The van der Waals surface area contributed by atoms with E-state index >= 15 is 0 Å². The van der Waals surface area contributed by atoms with E-state index in [1.165, 1.54) is 56.8 Å². The van der Waals surface area contributed by atoms with Gasteiger partial charge in [0, 0.05) is 31.8 Å². The standard InChI is InChI=1S/C21H21N3O5S2/c1-6-11-24-16-12-17(28-4)18(29-5)13-19(16)30-21(24)22-20(25)14-7-9-15(10-8-14)31(26,27)23(2)3/h1,7-10,12-13H,11H2,2-5H3. The zero-order valence-electron chi connectivity index (χ0n) is 17.4. The number of terminal acetylenes is 1. The maximum absolute atomic E-state index is 12.8. The summed E-state index contributed by atoms with van der Waals surface area (Å²) in [6.45, 7) is 0.210. The molecule has 0 aliphatic rings. The highest BCUT2D eigenvalue weighted by molar-refractivity contribution is 7.89. The Morgan fingerprint density at radius 2 is 1.77 bits per heavy atom. The van der Waals surface area contributed by atoms with Gasteiger partial charge in [-0.25, -0.2) is 12.7 Å². The van der Waals surface area contributed by atoms with Gasteiger partial charge in [-0.05, 0) is 24.3 Å². The number of ether oxygens (including phenoxy) is 2. The number of hydrogen-bond donors (Lipinski definition) is 0. The summed E-state index contributed by atoms with van der Waals surface area (Å²) in [6, 6.07) is 9.23. The van der Waals surface area contributed by atoms with Crippen LogP contribution >= 0.6 is 11.3 Å². The zero-order valence-corrected chi connectivity index (χ0v) is 19.1. The van der Waals surface area contributed by atoms with Crippen molar-refractivity contribution < 1.29 is 22.7 Å². The molecule has 2 aromatic carbocycles. The molecule has 8 nitrogen and oxygen atoms in total. The first-order valence-corrected chi connectivity index (χ1v) is 11.3. The van der Waals surface area contributed by atoms with Crippen molar-refractivity contribution in [1.29, 1.82) is 0 Å². The molecule has 0 spiro atoms. The largest absolute Gasteiger partial charge is 0.493 e. The van der Waals surface area contributed by atoms with E-state index in [2.05, 4.69) is 10.9 Å². The van der Waals surface area contributed by atoms with Crippen LogP contribution in [0.2, 0.25) is 0 Å². The molecule has 0 atom stereocenters. The van der Waals surface area contributed by atoms with Gasteiger partial charge in [0.1, 0.15) is 0 Å². The highest BCUT2D eigenvalue weighted by Gasteiger charge is 2.18. The molecule has 1 heterocycles. The molecule has 0 N–H and O–H groups in total. The Balaban J connectivity index is 2.08. The first kappa shape index (κ1) is 22.6. The van der Waals surface area contributed by atoms with Gasteiger partial charge in [-0.2, -0.15) is 4.99 Å². The summed E-state index contributed by atoms with van der Waals surface area (Å²) in [7, 11) is 2.39. The minimum absolute atomic E-state index is 0.0949. The van der Waals surface area contributed by atoms with E-state index in [4.69, 9.17) is 15.9 Å². The number of thiazole rings is 1. The third-order valence-electron chi connectivity index (χ3n) is 4.51. The highest BCUT2D eigenvalue weighted by atomic mass is 32.2. The number of rotatable bonds is 6. The molecule has 0 saturated carbocycles. The molecule has 0 saturated heterocycles. The van der Waals surface area contributed by atoms with Gasteiger partial charge in [-0.3, -0.25) is 4.79 Å². The van der Waals surface area contributed by atoms with Gasteiger partial charge >= 0.3 is 0 Å². The minimum Gasteiger partial charge on any atom is -0.493 e. The Morgan fingerprint density at radius 1 is 1.16 bits per heavy atom. The third kappa shape index (κ3) is 4.34. The number of amides is 1. The van der Waals surface area contributed by atoms with Crippen LogP contribution < -0.4 is 14.3 Å². The topological polar surface area (TPSA) is 90.2 Å². The molecule has 31 heavy (non-hydrogen) atoms. The SMILES string of the molecule is C#CCn1c(=NC(=O)c2ccc(S(=O)(=O)N(C)C)cc2)sc2cc(OC)c(OC)cc21. The van der Waals surface area contributed by atoms with Crippen LogP contribution in [0, 0.1) is 12.3 Å². The van der Waals surface area contributed by atoms with Crippen molar-refractivity contribution in [3.8, 4) is 23.8 Å². The van der Waals surface area contributed by atoms with Crippen molar-refractivity contribution >= 4 is 37.5 Å². The van der Waals surface area contributed by atoms with Gasteiger partial charge < -0.3 is 14.0 Å². The van der Waals surface area contributed by atoms with Gasteiger partial charge in [-0.15, -0.1) is 6.42 Å². The summed E-state index contributed by atoms with van der Waals surface area (Å²) in [5, 5.41) is 0. The monoisotopic (exact) mass is 459 g/mol. The lowest BCUT2D eigenvalue weighted by molar-refractivity contribution is 0.0998. The fourth-order valence-corrected chi connectivity index (χ4v) is 4.80. The molecule has 3 aromatic rings. The lowest BCUT2D eigenvalue weighted by atomic mass is 10.2. The van der Waals surface area contributed by atoms with E-state index < -0.39 is 15.9 Å². The molecular weight excluding hydrogens is 438 g/mol. The molecule has 1 amide bonds. The molecule has 10 heteroatoms. The number of fused-ring (bicyclic) bond motifs is 1. The number of sulfonamides is 1. The van der Waals surface area contributed by atoms with E-state index in [1.807, 2.05) is 0 Å². The van der Waals surface area contributed by atoms with Crippen molar-refractivity contribution in [2.45, 2.75) is 11.4 Å². The van der Waals surface area contributed by atoms with Crippen LogP contribution in [0.4, 0.5) is 0 Å². The summed E-state index contributed by atoms with van der Waals surface area (Å²) in [6.07, 6.45) is 5.52. The first-order valence-electron chi connectivity index (χ1n) is 9.03. The highest BCUT2D eigenvalue weighted by Crippen LogP contribution is 2.33. The zero-order chi connectivity index (χ0) is 22.8. The Kier molecular flexibility index (Phi) is 6.50. The first-order chi connectivity index (χ1) is 14.7. The van der Waals surface area contributed by atoms with Crippen molar-refractivity contribution in [3.05, 3.63) is 46.8 Å². The van der Waals surface area contributed by atoms with E-state index in [0.717, 1.165) is 14.5 Å². The number of carbonyl (C=O) groups excluding carboxylic acids is 1. The summed E-state index contributed by atoms with van der Waals surface area (Å²) in [5.41, 5.74) is 1.03. The lowest BCUT2D eigenvalue weighted by Crippen LogP contribution is -2.22. The summed E-state index contributed by atoms with van der Waals surface area (Å²) in [4.78, 5) is 17.5. The fourth-order valence-electron chi connectivity index (χ4n) is 2.86. The maximum atomic E-state index is 12.8. The Hall–Kier alpha value is -3.13. The number of carbonyl (C=O) groups is 1. The smallest absolute Gasteiger partial charge is 0.279 e. The predicted molar refractivity (Wildman–Crippen MR) is 119 cm³/mol. The molecule has 0 bridgehead atoms. The van der Waals surface area contributed by atoms with E-state index in [1.54, 1.807) is 23.8 Å². The van der Waals surface area contributed by atoms with Crippen molar-refractivity contribution in [2.75, 3.05) is 28.3 Å². The summed E-state index contributed by atoms with van der Waals surface area (Å²) < 4.78 is 38.8. The van der Waals surface area contributed by atoms with Crippen LogP contribution in [0.15, 0.2) is 46.3 Å². The summed E-state index contributed by atoms with van der Waals surface area (Å²) in [5.74, 6) is 3.15. The average molecular weight is 460 g/mol. The van der Waals surface area contributed by atoms with E-state index in [-0.39, 0.29) is 17.0 Å². The number of methoxy groups -OCH3 is 2. The van der Waals surface area contributed by atoms with Gasteiger partial charge in [0.25, 0.3) is 5.91 Å². The number of hydrogen-bond acceptors (Lipinski definition) is 6. The van der Waals surface area contributed by atoms with Crippen molar-refractivity contribution in [3.63, 3.8) is 0 Å². The number of aromatic nitrogens is 1. The molecular formula is C21H21N3O5S2. The molecule has 0 aliphatic carbocycles. The van der Waals surface area contributed by atoms with Crippen molar-refractivity contribution in [2.24, 2.45) is 4.99 Å². The molecule has 0 radical (unpaired) electrons. The molecule has 1 aromatic heterocycles. The quantitative estimate of drug-likeness (QED) is 0.528. The number of nitrogens with zero attached hydrogens (tertiary/aromatic N) is 3. The second-order valence-electron chi connectivity index (χ2n) is 6.58. The third-order valence-corrected chi connectivity index (χ3v) is 7.38. The van der Waals surface area contributed by atoms with Crippen LogP contribution in [-0.2, 0) is 16.6 Å². The predicted octanol–water partition coefficient (Wildman–Crippen LogP) is 2.34. The molecule has 0 aliphatic heterocycles. The molecule has 3 rings (SSSR count). The molecule has 0 unspecified atom stereocenters. The second-order valence-corrected chi connectivity index (χ2v) is 9.74. The lowest BCUT2D eigenvalue weighted by Gasteiger charge is -2.11. The van der Waals surface area contributed by atoms with Gasteiger partial charge in [-0.1, -0.05) is 17.3 Å². The van der Waals surface area contributed by atoms with Gasteiger partial charge in [0.05, 0.1) is 35.9 Å². The van der Waals surface area contributed by atoms with E-state index in [9.17, 15) is 13.2 Å². The van der Waals surface area contributed by atoms with Crippen LogP contribution in [0.1, 0.15) is 10.4 Å². The van der Waals surface area contributed by atoms with Gasteiger partial charge in [0.2, 0.25) is 10.0 Å². The Bertz CT molecular complexity index is 1340. The fraction of sp³-hybridized carbons (Fsp3) is 0.238. The van der Waals surface area contributed by atoms with Crippen molar-refractivity contribution in [1.82, 2.24) is 8.87 Å². The Morgan fingerprint density at radius 3 is 2.32 bits per heavy atom. The summed E-state index contributed by atoms with van der Waals surface area (Å²) >= 11 is 1.29. The maximum Gasteiger partial charge on any atom is 0.279 e.